The minimum atomic E-state index is 0.973. The van der Waals surface area contributed by atoms with Crippen LogP contribution in [0.15, 0.2) is 85.1 Å². The molecule has 15 heavy (non-hydrogen) atoms. The van der Waals surface area contributed by atoms with Crippen LogP contribution in [0.5, 0.6) is 0 Å². The second kappa shape index (κ2) is 8.76. The van der Waals surface area contributed by atoms with Crippen LogP contribution in [0.3, 0.4) is 0 Å². The van der Waals surface area contributed by atoms with Crippen LogP contribution in [-0.4, -0.2) is 0 Å². The van der Waals surface area contributed by atoms with E-state index in [-0.39, 0.29) is 0 Å². The Bertz CT molecular complexity index is 310. The molecule has 0 saturated carbocycles. The normalized spacial score (nSPS) is 29.3. The van der Waals surface area contributed by atoms with Gasteiger partial charge in [0.1, 0.15) is 0 Å². The van der Waals surface area contributed by atoms with Crippen molar-refractivity contribution in [2.75, 3.05) is 0 Å². The van der Waals surface area contributed by atoms with Crippen LogP contribution in [0, 0.1) is 0 Å². The highest BCUT2D eigenvalue weighted by molar-refractivity contribution is 5.21. The molecule has 0 fully saturated rings. The fraction of sp³-hybridized carbons (Fsp3) is 0.0667. The summed E-state index contributed by atoms with van der Waals surface area (Å²) in [5, 5.41) is 0. The SMILES string of the molecule is C1=CC/C=C/C=C/C=C\C=C\C=C\C=C/1. The van der Waals surface area contributed by atoms with Crippen molar-refractivity contribution in [3.05, 3.63) is 85.1 Å². The zero-order valence-corrected chi connectivity index (χ0v) is 8.79. The molecule has 0 aromatic rings. The molecule has 0 saturated heterocycles. The van der Waals surface area contributed by atoms with E-state index in [2.05, 4.69) is 24.3 Å². The summed E-state index contributed by atoms with van der Waals surface area (Å²) < 4.78 is 0. The largest absolute Gasteiger partial charge is 0.0807 e. The summed E-state index contributed by atoms with van der Waals surface area (Å²) in [4.78, 5) is 0. The molecular formula is C15H16. The summed E-state index contributed by atoms with van der Waals surface area (Å²) in [5.41, 5.74) is 0. The van der Waals surface area contributed by atoms with E-state index in [0.717, 1.165) is 6.42 Å². The lowest BCUT2D eigenvalue weighted by molar-refractivity contribution is 1.39. The third kappa shape index (κ3) is 7.27. The maximum atomic E-state index is 2.12. The van der Waals surface area contributed by atoms with Crippen LogP contribution in [-0.2, 0) is 0 Å². The molecule has 76 valence electrons. The van der Waals surface area contributed by atoms with Gasteiger partial charge in [-0.15, -0.1) is 0 Å². The van der Waals surface area contributed by atoms with Gasteiger partial charge < -0.3 is 0 Å². The van der Waals surface area contributed by atoms with Crippen molar-refractivity contribution in [2.24, 2.45) is 0 Å². The third-order valence-electron chi connectivity index (χ3n) is 1.77. The Morgan fingerprint density at radius 3 is 0.933 bits per heavy atom. The van der Waals surface area contributed by atoms with E-state index in [1.807, 2.05) is 60.8 Å². The molecule has 0 spiro atoms. The Labute approximate surface area is 92.0 Å². The number of rotatable bonds is 0. The molecule has 1 aliphatic rings. The van der Waals surface area contributed by atoms with Gasteiger partial charge in [0, 0.05) is 0 Å². The lowest BCUT2D eigenvalue weighted by Gasteiger charge is -1.78. The zero-order valence-electron chi connectivity index (χ0n) is 8.79. The van der Waals surface area contributed by atoms with Crippen LogP contribution in [0.2, 0.25) is 0 Å². The smallest absolute Gasteiger partial charge is 0.0163 e. The fourth-order valence-corrected chi connectivity index (χ4v) is 1.03. The molecule has 0 N–H and O–H groups in total. The summed E-state index contributed by atoms with van der Waals surface area (Å²) >= 11 is 0. The average molecular weight is 196 g/mol. The van der Waals surface area contributed by atoms with Gasteiger partial charge in [0.2, 0.25) is 0 Å². The van der Waals surface area contributed by atoms with Crippen molar-refractivity contribution in [1.29, 1.82) is 0 Å². The molecule has 0 amide bonds. The molecule has 0 heterocycles. The molecular weight excluding hydrogens is 180 g/mol. The van der Waals surface area contributed by atoms with Crippen LogP contribution in [0.1, 0.15) is 6.42 Å². The first-order chi connectivity index (χ1) is 7.50. The average Bonchev–Trinajstić information content (AvgIpc) is 2.27. The summed E-state index contributed by atoms with van der Waals surface area (Å²) in [7, 11) is 0. The molecule has 0 heteroatoms. The monoisotopic (exact) mass is 196 g/mol. The first kappa shape index (κ1) is 11.3. The highest BCUT2D eigenvalue weighted by atomic mass is 13.8. The van der Waals surface area contributed by atoms with Crippen LogP contribution in [0.4, 0.5) is 0 Å². The van der Waals surface area contributed by atoms with E-state index in [4.69, 9.17) is 0 Å². The van der Waals surface area contributed by atoms with Crippen molar-refractivity contribution < 1.29 is 0 Å². The lowest BCUT2D eigenvalue weighted by Crippen LogP contribution is -1.57. The molecule has 0 atom stereocenters. The van der Waals surface area contributed by atoms with Crippen molar-refractivity contribution in [2.45, 2.75) is 6.42 Å². The minimum absolute atomic E-state index is 0.973. The Balaban J connectivity index is 2.62. The van der Waals surface area contributed by atoms with Crippen molar-refractivity contribution in [1.82, 2.24) is 0 Å². The van der Waals surface area contributed by atoms with Crippen molar-refractivity contribution >= 4 is 0 Å². The number of allylic oxidation sites excluding steroid dienone is 14. The molecule has 1 aliphatic carbocycles. The van der Waals surface area contributed by atoms with E-state index in [1.165, 1.54) is 0 Å². The first-order valence-electron chi connectivity index (χ1n) is 5.15. The summed E-state index contributed by atoms with van der Waals surface area (Å²) in [6.07, 6.45) is 29.5. The summed E-state index contributed by atoms with van der Waals surface area (Å²) in [5.74, 6) is 0. The van der Waals surface area contributed by atoms with Gasteiger partial charge in [-0.1, -0.05) is 85.1 Å². The lowest BCUT2D eigenvalue weighted by atomic mass is 10.3. The topological polar surface area (TPSA) is 0 Å². The van der Waals surface area contributed by atoms with Gasteiger partial charge in [0.05, 0.1) is 0 Å². The van der Waals surface area contributed by atoms with Crippen molar-refractivity contribution in [3.8, 4) is 0 Å². The Morgan fingerprint density at radius 2 is 0.600 bits per heavy atom. The van der Waals surface area contributed by atoms with E-state index in [9.17, 15) is 0 Å². The predicted molar refractivity (Wildman–Crippen MR) is 68.6 cm³/mol. The standard InChI is InChI=1S/C15H16/c1-2-4-6-8-10-12-14-15-13-11-9-7-5-3-1/h1-14H,15H2/b2-1+,5-3-,6-4+,9-7+,10-8-,13-11+,14-12?. The Morgan fingerprint density at radius 1 is 0.333 bits per heavy atom. The minimum Gasteiger partial charge on any atom is -0.0807 e. The molecule has 0 aliphatic heterocycles. The van der Waals surface area contributed by atoms with E-state index < -0.39 is 0 Å². The number of hydrogen-bond donors (Lipinski definition) is 0. The van der Waals surface area contributed by atoms with E-state index >= 15 is 0 Å². The molecule has 0 bridgehead atoms. The Kier molecular flexibility index (Phi) is 6.58. The first-order valence-corrected chi connectivity index (χ1v) is 5.15. The third-order valence-corrected chi connectivity index (χ3v) is 1.77. The van der Waals surface area contributed by atoms with Gasteiger partial charge in [-0.2, -0.15) is 0 Å². The second-order valence-electron chi connectivity index (χ2n) is 3.02. The zero-order chi connectivity index (χ0) is 10.6. The van der Waals surface area contributed by atoms with E-state index in [0.29, 0.717) is 0 Å². The Hall–Kier alpha value is -1.82. The molecule has 0 unspecified atom stereocenters. The molecule has 1 rings (SSSR count). The summed E-state index contributed by atoms with van der Waals surface area (Å²) in [6, 6.07) is 0. The quantitative estimate of drug-likeness (QED) is 0.542. The van der Waals surface area contributed by atoms with Crippen LogP contribution < -0.4 is 0 Å². The highest BCUT2D eigenvalue weighted by Crippen LogP contribution is 1.90. The second-order valence-corrected chi connectivity index (χ2v) is 3.02. The molecule has 0 aromatic heterocycles. The van der Waals surface area contributed by atoms with Crippen LogP contribution in [0.25, 0.3) is 0 Å². The van der Waals surface area contributed by atoms with Gasteiger partial charge >= 0.3 is 0 Å². The maximum Gasteiger partial charge on any atom is -0.0163 e. The van der Waals surface area contributed by atoms with Gasteiger partial charge in [0.25, 0.3) is 0 Å². The van der Waals surface area contributed by atoms with Crippen molar-refractivity contribution in [3.63, 3.8) is 0 Å². The fourth-order valence-electron chi connectivity index (χ4n) is 1.03. The van der Waals surface area contributed by atoms with Gasteiger partial charge in [-0.3, -0.25) is 0 Å². The van der Waals surface area contributed by atoms with Gasteiger partial charge in [-0.05, 0) is 6.42 Å². The maximum absolute atomic E-state index is 2.12. The molecule has 0 radical (unpaired) electrons. The summed E-state index contributed by atoms with van der Waals surface area (Å²) in [6.45, 7) is 0. The molecule has 0 nitrogen and oxygen atoms in total. The molecule has 0 aromatic carbocycles. The van der Waals surface area contributed by atoms with Gasteiger partial charge in [-0.25, -0.2) is 0 Å². The highest BCUT2D eigenvalue weighted by Gasteiger charge is 1.69. The van der Waals surface area contributed by atoms with Crippen LogP contribution >= 0.6 is 0 Å². The predicted octanol–water partition coefficient (Wildman–Crippen LogP) is 4.28. The van der Waals surface area contributed by atoms with Gasteiger partial charge in [0.15, 0.2) is 0 Å². The number of hydrogen-bond acceptors (Lipinski definition) is 0. The van der Waals surface area contributed by atoms with E-state index in [1.54, 1.807) is 0 Å².